The number of halogens is 2. The van der Waals surface area contributed by atoms with Crippen molar-refractivity contribution in [3.63, 3.8) is 0 Å². The number of benzene rings is 1. The lowest BCUT2D eigenvalue weighted by Gasteiger charge is -2.12. The van der Waals surface area contributed by atoms with Crippen molar-refractivity contribution in [2.75, 3.05) is 5.73 Å². The molecule has 3 rings (SSSR count). The van der Waals surface area contributed by atoms with Crippen molar-refractivity contribution >= 4 is 32.4 Å². The van der Waals surface area contributed by atoms with Gasteiger partial charge in [-0.3, -0.25) is 0 Å². The highest BCUT2D eigenvalue weighted by Crippen LogP contribution is 2.44. The topological polar surface area (TPSA) is 38.9 Å². The minimum atomic E-state index is -0.200. The molecular formula is C12H10BrFN2S. The summed E-state index contributed by atoms with van der Waals surface area (Å²) in [6.45, 7) is 0. The van der Waals surface area contributed by atoms with Gasteiger partial charge in [0.15, 0.2) is 5.13 Å². The zero-order chi connectivity index (χ0) is 12.0. The molecule has 0 saturated carbocycles. The van der Waals surface area contributed by atoms with Crippen LogP contribution in [0, 0.1) is 5.82 Å². The molecule has 2 aromatic rings. The maximum Gasteiger partial charge on any atom is 0.180 e. The van der Waals surface area contributed by atoms with Crippen molar-refractivity contribution < 1.29 is 4.39 Å². The quantitative estimate of drug-likeness (QED) is 0.872. The van der Waals surface area contributed by atoms with Gasteiger partial charge in [0.25, 0.3) is 0 Å². The van der Waals surface area contributed by atoms with E-state index >= 15 is 0 Å². The standard InChI is InChI=1S/C12H10BrFN2S/c13-9-3-1-6(14)5-8(9)7-2-4-10-11(7)17-12(15)16-10/h1,3,5,7H,2,4H2,(H2,15,16). The Morgan fingerprint density at radius 1 is 1.47 bits per heavy atom. The Morgan fingerprint density at radius 2 is 2.29 bits per heavy atom. The number of hydrogen-bond acceptors (Lipinski definition) is 3. The summed E-state index contributed by atoms with van der Waals surface area (Å²) in [5.41, 5.74) is 7.79. The average molecular weight is 313 g/mol. The molecule has 0 amide bonds. The van der Waals surface area contributed by atoms with E-state index in [1.807, 2.05) is 0 Å². The predicted octanol–water partition coefficient (Wildman–Crippen LogP) is 3.71. The molecule has 0 bridgehead atoms. The Hall–Kier alpha value is -0.940. The highest BCUT2D eigenvalue weighted by atomic mass is 79.9. The summed E-state index contributed by atoms with van der Waals surface area (Å²) in [6, 6.07) is 4.82. The van der Waals surface area contributed by atoms with E-state index in [-0.39, 0.29) is 11.7 Å². The van der Waals surface area contributed by atoms with Gasteiger partial charge in [0.1, 0.15) is 5.82 Å². The lowest BCUT2D eigenvalue weighted by Crippen LogP contribution is -1.96. The van der Waals surface area contributed by atoms with Gasteiger partial charge in [-0.05, 0) is 36.6 Å². The van der Waals surface area contributed by atoms with Crippen molar-refractivity contribution in [3.05, 3.63) is 44.6 Å². The molecule has 0 radical (unpaired) electrons. The minimum absolute atomic E-state index is 0.200. The van der Waals surface area contributed by atoms with Gasteiger partial charge in [0.2, 0.25) is 0 Å². The van der Waals surface area contributed by atoms with Crippen LogP contribution >= 0.6 is 27.3 Å². The summed E-state index contributed by atoms with van der Waals surface area (Å²) in [7, 11) is 0. The fraction of sp³-hybridized carbons (Fsp3) is 0.250. The normalized spacial score (nSPS) is 18.4. The Labute approximate surface area is 111 Å². The first-order chi connectivity index (χ1) is 8.15. The Morgan fingerprint density at radius 3 is 3.12 bits per heavy atom. The number of aromatic nitrogens is 1. The third-order valence-electron chi connectivity index (χ3n) is 3.06. The van der Waals surface area contributed by atoms with Gasteiger partial charge in [-0.2, -0.15) is 0 Å². The Kier molecular flexibility index (Phi) is 2.67. The van der Waals surface area contributed by atoms with E-state index in [4.69, 9.17) is 5.73 Å². The smallest absolute Gasteiger partial charge is 0.180 e. The van der Waals surface area contributed by atoms with Gasteiger partial charge in [-0.15, -0.1) is 11.3 Å². The summed E-state index contributed by atoms with van der Waals surface area (Å²) in [5, 5.41) is 0.604. The Balaban J connectivity index is 2.09. The second-order valence-electron chi connectivity index (χ2n) is 4.12. The molecule has 17 heavy (non-hydrogen) atoms. The van der Waals surface area contributed by atoms with Gasteiger partial charge in [-0.25, -0.2) is 9.37 Å². The number of nitrogens with zero attached hydrogens (tertiary/aromatic N) is 1. The highest BCUT2D eigenvalue weighted by Gasteiger charge is 2.29. The molecule has 0 fully saturated rings. The zero-order valence-corrected chi connectivity index (χ0v) is 11.3. The maximum absolute atomic E-state index is 13.3. The van der Waals surface area contributed by atoms with Gasteiger partial charge in [0, 0.05) is 15.3 Å². The molecule has 1 heterocycles. The van der Waals surface area contributed by atoms with Crippen LogP contribution in [-0.2, 0) is 6.42 Å². The van der Waals surface area contributed by atoms with E-state index in [2.05, 4.69) is 20.9 Å². The molecule has 0 aliphatic heterocycles. The van der Waals surface area contributed by atoms with Crippen molar-refractivity contribution in [3.8, 4) is 0 Å². The lowest BCUT2D eigenvalue weighted by atomic mass is 9.98. The molecule has 2 nitrogen and oxygen atoms in total. The SMILES string of the molecule is Nc1nc2c(s1)C(c1cc(F)ccc1Br)CC2. The van der Waals surface area contributed by atoms with Crippen LogP contribution in [0.3, 0.4) is 0 Å². The molecule has 1 atom stereocenters. The number of fused-ring (bicyclic) bond motifs is 1. The van der Waals surface area contributed by atoms with E-state index in [1.54, 1.807) is 12.1 Å². The van der Waals surface area contributed by atoms with Gasteiger partial charge in [-0.1, -0.05) is 15.9 Å². The van der Waals surface area contributed by atoms with Crippen LogP contribution < -0.4 is 5.73 Å². The highest BCUT2D eigenvalue weighted by molar-refractivity contribution is 9.10. The van der Waals surface area contributed by atoms with Gasteiger partial charge in [0.05, 0.1) is 5.69 Å². The van der Waals surface area contributed by atoms with E-state index in [0.29, 0.717) is 5.13 Å². The largest absolute Gasteiger partial charge is 0.375 e. The van der Waals surface area contributed by atoms with Crippen molar-refractivity contribution in [1.82, 2.24) is 4.98 Å². The molecule has 88 valence electrons. The van der Waals surface area contributed by atoms with Crippen LogP contribution in [0.2, 0.25) is 0 Å². The van der Waals surface area contributed by atoms with Crippen molar-refractivity contribution in [2.24, 2.45) is 0 Å². The minimum Gasteiger partial charge on any atom is -0.375 e. The third-order valence-corrected chi connectivity index (χ3v) is 4.83. The molecule has 1 aromatic heterocycles. The van der Waals surface area contributed by atoms with Crippen LogP contribution in [0.1, 0.15) is 28.5 Å². The monoisotopic (exact) mass is 312 g/mol. The van der Waals surface area contributed by atoms with Crippen LogP contribution in [-0.4, -0.2) is 4.98 Å². The number of nitrogens with two attached hydrogens (primary N) is 1. The molecular weight excluding hydrogens is 303 g/mol. The first-order valence-electron chi connectivity index (χ1n) is 5.35. The summed E-state index contributed by atoms with van der Waals surface area (Å²) >= 11 is 5.00. The number of rotatable bonds is 1. The molecule has 1 aliphatic rings. The zero-order valence-electron chi connectivity index (χ0n) is 8.91. The molecule has 2 N–H and O–H groups in total. The summed E-state index contributed by atoms with van der Waals surface area (Å²) in [4.78, 5) is 5.49. The van der Waals surface area contributed by atoms with Gasteiger partial charge < -0.3 is 5.73 Å². The van der Waals surface area contributed by atoms with E-state index in [0.717, 1.165) is 28.6 Å². The first kappa shape index (κ1) is 11.2. The van der Waals surface area contributed by atoms with E-state index < -0.39 is 0 Å². The number of hydrogen-bond donors (Lipinski definition) is 1. The second kappa shape index (κ2) is 4.07. The van der Waals surface area contributed by atoms with Gasteiger partial charge >= 0.3 is 0 Å². The number of aryl methyl sites for hydroxylation is 1. The molecule has 0 saturated heterocycles. The molecule has 1 aliphatic carbocycles. The lowest BCUT2D eigenvalue weighted by molar-refractivity contribution is 0.622. The van der Waals surface area contributed by atoms with Crippen molar-refractivity contribution in [1.29, 1.82) is 0 Å². The summed E-state index contributed by atoms with van der Waals surface area (Å²) < 4.78 is 14.3. The number of thiazole rings is 1. The first-order valence-corrected chi connectivity index (χ1v) is 6.96. The fourth-order valence-electron chi connectivity index (χ4n) is 2.32. The summed E-state index contributed by atoms with van der Waals surface area (Å²) in [5.74, 6) is 0.0269. The molecule has 0 spiro atoms. The average Bonchev–Trinajstić information content (AvgIpc) is 2.80. The predicted molar refractivity (Wildman–Crippen MR) is 70.8 cm³/mol. The molecule has 1 unspecified atom stereocenters. The fourth-order valence-corrected chi connectivity index (χ4v) is 3.88. The molecule has 1 aromatic carbocycles. The van der Waals surface area contributed by atoms with Crippen molar-refractivity contribution in [2.45, 2.75) is 18.8 Å². The van der Waals surface area contributed by atoms with Crippen LogP contribution in [0.4, 0.5) is 9.52 Å². The number of nitrogen functional groups attached to an aromatic ring is 1. The van der Waals surface area contributed by atoms with Crippen LogP contribution in [0.25, 0.3) is 0 Å². The third kappa shape index (κ3) is 1.87. The number of anilines is 1. The van der Waals surface area contributed by atoms with Crippen LogP contribution in [0.5, 0.6) is 0 Å². The van der Waals surface area contributed by atoms with E-state index in [1.165, 1.54) is 22.3 Å². The summed E-state index contributed by atoms with van der Waals surface area (Å²) in [6.07, 6.45) is 1.91. The van der Waals surface area contributed by atoms with Crippen LogP contribution in [0.15, 0.2) is 22.7 Å². The van der Waals surface area contributed by atoms with E-state index in [9.17, 15) is 4.39 Å². The maximum atomic E-state index is 13.3. The molecule has 5 heteroatoms. The Bertz CT molecular complexity index is 582. The second-order valence-corrected chi connectivity index (χ2v) is 6.04.